The highest BCUT2D eigenvalue weighted by Gasteiger charge is 2.30. The van der Waals surface area contributed by atoms with Crippen molar-refractivity contribution in [3.63, 3.8) is 0 Å². The topological polar surface area (TPSA) is 49.9 Å². The lowest BCUT2D eigenvalue weighted by Gasteiger charge is -2.34. The molecule has 0 unspecified atom stereocenters. The predicted octanol–water partition coefficient (Wildman–Crippen LogP) is 2.95. The molecule has 2 heterocycles. The Bertz CT molecular complexity index is 583. The van der Waals surface area contributed by atoms with E-state index in [9.17, 15) is 9.59 Å². The van der Waals surface area contributed by atoms with Crippen LogP contribution in [0.25, 0.3) is 0 Å². The maximum atomic E-state index is 12.7. The lowest BCUT2D eigenvalue weighted by molar-refractivity contribution is -0.136. The molecule has 2 aliphatic rings. The van der Waals surface area contributed by atoms with Crippen LogP contribution >= 0.6 is 0 Å². The largest absolute Gasteiger partial charge is 0.497 e. The highest BCUT2D eigenvalue weighted by atomic mass is 16.5. The average molecular weight is 344 g/mol. The van der Waals surface area contributed by atoms with Crippen LogP contribution in [0.3, 0.4) is 0 Å². The number of carbonyl (C=O) groups is 2. The molecule has 5 nitrogen and oxygen atoms in total. The van der Waals surface area contributed by atoms with Crippen molar-refractivity contribution in [3.8, 4) is 5.75 Å². The summed E-state index contributed by atoms with van der Waals surface area (Å²) in [6.07, 6.45) is 6.27. The van der Waals surface area contributed by atoms with Crippen LogP contribution in [-0.4, -0.2) is 54.9 Å². The Hall–Kier alpha value is -2.04. The van der Waals surface area contributed by atoms with Gasteiger partial charge in [-0.05, 0) is 49.9 Å². The van der Waals surface area contributed by atoms with E-state index in [4.69, 9.17) is 4.74 Å². The van der Waals surface area contributed by atoms with Gasteiger partial charge in [0, 0.05) is 37.7 Å². The predicted molar refractivity (Wildman–Crippen MR) is 96.7 cm³/mol. The summed E-state index contributed by atoms with van der Waals surface area (Å²) in [5.74, 6) is 1.18. The van der Waals surface area contributed by atoms with Crippen LogP contribution in [0.2, 0.25) is 0 Å². The van der Waals surface area contributed by atoms with E-state index in [-0.39, 0.29) is 11.8 Å². The first kappa shape index (κ1) is 17.8. The van der Waals surface area contributed by atoms with E-state index in [1.165, 1.54) is 12.8 Å². The molecule has 0 aromatic heterocycles. The molecule has 2 saturated heterocycles. The van der Waals surface area contributed by atoms with E-state index in [1.54, 1.807) is 19.2 Å². The van der Waals surface area contributed by atoms with Crippen LogP contribution in [0.4, 0.5) is 0 Å². The molecule has 5 heteroatoms. The number of hydrogen-bond donors (Lipinski definition) is 0. The van der Waals surface area contributed by atoms with Gasteiger partial charge in [0.2, 0.25) is 5.91 Å². The molecule has 136 valence electrons. The molecule has 0 bridgehead atoms. The molecule has 1 aromatic rings. The summed E-state index contributed by atoms with van der Waals surface area (Å²) in [4.78, 5) is 29.3. The number of hydrogen-bond acceptors (Lipinski definition) is 3. The van der Waals surface area contributed by atoms with Crippen molar-refractivity contribution in [1.29, 1.82) is 0 Å². The molecule has 0 N–H and O–H groups in total. The summed E-state index contributed by atoms with van der Waals surface area (Å²) in [6.45, 7) is 3.14. The van der Waals surface area contributed by atoms with Gasteiger partial charge in [0.05, 0.1) is 7.11 Å². The average Bonchev–Trinajstić information content (AvgIpc) is 2.96. The second kappa shape index (κ2) is 8.37. The van der Waals surface area contributed by atoms with Gasteiger partial charge >= 0.3 is 0 Å². The number of carbonyl (C=O) groups excluding carboxylic acids is 2. The van der Waals surface area contributed by atoms with Crippen LogP contribution in [-0.2, 0) is 4.79 Å². The Morgan fingerprint density at radius 1 is 0.880 bits per heavy atom. The smallest absolute Gasteiger partial charge is 0.253 e. The molecule has 0 radical (unpaired) electrons. The minimum atomic E-state index is 0.0447. The van der Waals surface area contributed by atoms with Gasteiger partial charge in [0.15, 0.2) is 0 Å². The maximum Gasteiger partial charge on any atom is 0.253 e. The van der Waals surface area contributed by atoms with Crippen LogP contribution in [0.5, 0.6) is 5.75 Å². The zero-order valence-corrected chi connectivity index (χ0v) is 15.1. The summed E-state index contributed by atoms with van der Waals surface area (Å²) >= 11 is 0. The third-order valence-electron chi connectivity index (χ3n) is 5.39. The highest BCUT2D eigenvalue weighted by Crippen LogP contribution is 2.23. The first-order chi connectivity index (χ1) is 12.2. The van der Waals surface area contributed by atoms with E-state index in [0.717, 1.165) is 44.5 Å². The van der Waals surface area contributed by atoms with E-state index in [0.29, 0.717) is 24.6 Å². The summed E-state index contributed by atoms with van der Waals surface area (Å²) in [6, 6.07) is 7.22. The second-order valence-electron chi connectivity index (χ2n) is 7.03. The molecular weight excluding hydrogens is 316 g/mol. The van der Waals surface area contributed by atoms with Crippen molar-refractivity contribution in [1.82, 2.24) is 9.80 Å². The van der Waals surface area contributed by atoms with Crippen molar-refractivity contribution >= 4 is 11.8 Å². The monoisotopic (exact) mass is 344 g/mol. The normalized spacial score (nSPS) is 19.4. The number of piperidine rings is 1. The Morgan fingerprint density at radius 2 is 1.48 bits per heavy atom. The molecule has 1 aromatic carbocycles. The fourth-order valence-electron chi connectivity index (χ4n) is 3.79. The van der Waals surface area contributed by atoms with Gasteiger partial charge in [-0.3, -0.25) is 9.59 Å². The van der Waals surface area contributed by atoms with Gasteiger partial charge in [0.1, 0.15) is 5.75 Å². The lowest BCUT2D eigenvalue weighted by Crippen LogP contribution is -2.44. The lowest BCUT2D eigenvalue weighted by atomic mass is 9.94. The number of ether oxygens (including phenoxy) is 1. The molecule has 0 aliphatic carbocycles. The summed E-state index contributed by atoms with van der Waals surface area (Å²) < 4.78 is 5.13. The minimum Gasteiger partial charge on any atom is -0.497 e. The molecule has 0 saturated carbocycles. The molecule has 0 spiro atoms. The number of rotatable bonds is 3. The molecular formula is C20H28N2O3. The number of benzene rings is 1. The number of methoxy groups -OCH3 is 1. The van der Waals surface area contributed by atoms with E-state index in [1.807, 2.05) is 17.0 Å². The molecule has 25 heavy (non-hydrogen) atoms. The first-order valence-corrected chi connectivity index (χ1v) is 9.41. The van der Waals surface area contributed by atoms with Crippen molar-refractivity contribution in [2.75, 3.05) is 33.3 Å². The van der Waals surface area contributed by atoms with Crippen molar-refractivity contribution in [3.05, 3.63) is 29.8 Å². The van der Waals surface area contributed by atoms with E-state index in [2.05, 4.69) is 4.90 Å². The Kier molecular flexibility index (Phi) is 5.95. The van der Waals surface area contributed by atoms with Gasteiger partial charge in [-0.1, -0.05) is 12.8 Å². The quantitative estimate of drug-likeness (QED) is 0.847. The van der Waals surface area contributed by atoms with Gasteiger partial charge in [-0.15, -0.1) is 0 Å². The van der Waals surface area contributed by atoms with E-state index >= 15 is 0 Å². The molecule has 2 aliphatic heterocycles. The summed E-state index contributed by atoms with van der Waals surface area (Å²) in [7, 11) is 1.61. The Labute approximate surface area is 149 Å². The zero-order valence-electron chi connectivity index (χ0n) is 15.1. The summed E-state index contributed by atoms with van der Waals surface area (Å²) in [5.41, 5.74) is 0.679. The molecule has 0 atom stereocenters. The standard InChI is InChI=1S/C20H28N2O3/c1-25-18-8-6-16(7-9-18)19(23)22-14-10-17(11-15-22)20(24)21-12-4-2-3-5-13-21/h6-9,17H,2-5,10-15H2,1H3. The van der Waals surface area contributed by atoms with Crippen molar-refractivity contribution < 1.29 is 14.3 Å². The highest BCUT2D eigenvalue weighted by molar-refractivity contribution is 5.94. The fraction of sp³-hybridized carbons (Fsp3) is 0.600. The van der Waals surface area contributed by atoms with E-state index < -0.39 is 0 Å². The van der Waals surface area contributed by atoms with Gasteiger partial charge < -0.3 is 14.5 Å². The maximum absolute atomic E-state index is 12.7. The Balaban J connectivity index is 1.53. The van der Waals surface area contributed by atoms with Crippen LogP contribution in [0.1, 0.15) is 48.9 Å². The van der Waals surface area contributed by atoms with Gasteiger partial charge in [0.25, 0.3) is 5.91 Å². The third-order valence-corrected chi connectivity index (χ3v) is 5.39. The van der Waals surface area contributed by atoms with Crippen molar-refractivity contribution in [2.45, 2.75) is 38.5 Å². The zero-order chi connectivity index (χ0) is 17.6. The van der Waals surface area contributed by atoms with Crippen LogP contribution < -0.4 is 4.74 Å². The third kappa shape index (κ3) is 4.33. The molecule has 2 fully saturated rings. The SMILES string of the molecule is COc1ccc(C(=O)N2CCC(C(=O)N3CCCCCC3)CC2)cc1. The first-order valence-electron chi connectivity index (χ1n) is 9.41. The minimum absolute atomic E-state index is 0.0447. The van der Waals surface area contributed by atoms with Gasteiger partial charge in [-0.2, -0.15) is 0 Å². The second-order valence-corrected chi connectivity index (χ2v) is 7.03. The fourth-order valence-corrected chi connectivity index (χ4v) is 3.79. The van der Waals surface area contributed by atoms with Crippen LogP contribution in [0.15, 0.2) is 24.3 Å². The van der Waals surface area contributed by atoms with Crippen molar-refractivity contribution in [2.24, 2.45) is 5.92 Å². The number of amides is 2. The summed E-state index contributed by atoms with van der Waals surface area (Å²) in [5, 5.41) is 0. The molecule has 3 rings (SSSR count). The number of likely N-dealkylation sites (tertiary alicyclic amines) is 2. The Morgan fingerprint density at radius 3 is 2.04 bits per heavy atom. The van der Waals surface area contributed by atoms with Crippen LogP contribution in [0, 0.1) is 5.92 Å². The van der Waals surface area contributed by atoms with Gasteiger partial charge in [-0.25, -0.2) is 0 Å². The number of nitrogens with zero attached hydrogens (tertiary/aromatic N) is 2. The molecule has 2 amide bonds.